The van der Waals surface area contributed by atoms with Crippen LogP contribution in [0.1, 0.15) is 149 Å². The number of phenolic OH excluding ortho intramolecular Hbond substituents is 2. The predicted octanol–water partition coefficient (Wildman–Crippen LogP) is 2.97. The lowest BCUT2D eigenvalue weighted by Crippen LogP contribution is -3.00. The molecule has 5 aliphatic heterocycles. The van der Waals surface area contributed by atoms with Gasteiger partial charge < -0.3 is 88.6 Å². The maximum absolute atomic E-state index is 15.2. The molecule has 0 aromatic heterocycles. The van der Waals surface area contributed by atoms with Crippen LogP contribution in [0.4, 0.5) is 16.2 Å². The number of ketones is 1. The number of halogens is 1. The van der Waals surface area contributed by atoms with Crippen LogP contribution in [0.5, 0.6) is 17.2 Å². The maximum Gasteiger partial charge on any atom is 0.312 e. The number of ether oxygens (including phenoxy) is 4. The van der Waals surface area contributed by atoms with Gasteiger partial charge in [-0.3, -0.25) is 48.2 Å². The number of carbonyl (C=O) groups is 9. The van der Waals surface area contributed by atoms with Crippen molar-refractivity contribution in [1.82, 2.24) is 20.9 Å². The Balaban J connectivity index is 0.0000146. The second kappa shape index (κ2) is 34.0. The van der Waals surface area contributed by atoms with Crippen molar-refractivity contribution < 1.29 is 99.4 Å². The third-order valence-electron chi connectivity index (χ3n) is 20.2. The van der Waals surface area contributed by atoms with Crippen LogP contribution in [0.3, 0.4) is 0 Å². The summed E-state index contributed by atoms with van der Waals surface area (Å²) in [5.41, 5.74) is 6.04. The number of aliphatic hydroxyl groups is 2. The molecule has 102 heavy (non-hydrogen) atoms. The summed E-state index contributed by atoms with van der Waals surface area (Å²) in [7, 11) is 1.44. The van der Waals surface area contributed by atoms with E-state index in [4.69, 9.17) is 29.7 Å². The standard InChI is InChI=1S/C74H100N10O17.ClH/c1-39(2)37-84(38-48-23-25-49(26-24-48)77-70(95)50(21-18-32-76-72(75)97)78-71(96)58(40(3)4)79-52(86)22-15-14-16-33-83-53(87)27-28-54(83)88)34-30-74(31-35-84)81-59-55-56-64(91)46(10)67-57(55)68(93)73(12,101-67)99-36-29-51(98-13)43(7)66(100-47(11)85)45(9)63(90)44(8)62(89)41(5)19-17-20-42(6)69(94)80-61(65(56)92)60(59)82-74;/h17,19-20,23-29,36,39-41,43-45,50-51,58,62-63,66,89-90H,14-16,18,21-22,30-35,37-38H2,1-13H3,(H8-,75,76,77,78,79,80,81,82,86,87,88,91,92,93,94,95,96,97);1H/b19-17-,36-29-,42-20-;/t41-,43+,44+,45+,50-,51-,58-,62-,63+,66+,73-,74?,84?;/m0./s1. The number of aromatic hydroxyl groups is 2. The van der Waals surface area contributed by atoms with Crippen molar-refractivity contribution in [3.8, 4) is 17.2 Å². The number of aliphatic hydroxyl groups excluding tert-OH is 2. The number of hydrogen-bond acceptors (Lipinski definition) is 19. The van der Waals surface area contributed by atoms with E-state index in [0.29, 0.717) is 61.9 Å². The number of piperidine rings is 1. The molecule has 1 saturated heterocycles. The fraction of sp³-hybridized carbons (Fsp3) is 0.554. The molecule has 8 amide bonds. The normalized spacial score (nSPS) is 27.5. The number of urea groups is 1. The topological polar surface area (TPSA) is 386 Å². The first kappa shape index (κ1) is 80.6. The Morgan fingerprint density at radius 3 is 2.13 bits per heavy atom. The number of quaternary nitrogens is 1. The second-order valence-electron chi connectivity index (χ2n) is 28.7. The lowest BCUT2D eigenvalue weighted by atomic mass is 9.78. The van der Waals surface area contributed by atoms with Gasteiger partial charge in [-0.1, -0.05) is 92.2 Å². The Bertz CT molecular complexity index is 3920. The number of carbonyl (C=O) groups excluding carboxylic acids is 9. The lowest BCUT2D eigenvalue weighted by molar-refractivity contribution is -0.948. The number of phenols is 2. The third-order valence-corrected chi connectivity index (χ3v) is 20.2. The molecule has 27 nitrogen and oxygen atoms in total. The van der Waals surface area contributed by atoms with E-state index in [9.17, 15) is 58.8 Å². The second-order valence-corrected chi connectivity index (χ2v) is 28.7. The van der Waals surface area contributed by atoms with Gasteiger partial charge in [0.2, 0.25) is 17.7 Å². The molecule has 28 heteroatoms. The van der Waals surface area contributed by atoms with Gasteiger partial charge in [0.05, 0.1) is 60.8 Å². The van der Waals surface area contributed by atoms with Gasteiger partial charge in [-0.15, -0.1) is 0 Å². The molecule has 0 unspecified atom stereocenters. The van der Waals surface area contributed by atoms with Gasteiger partial charge in [0.25, 0.3) is 23.5 Å². The highest BCUT2D eigenvalue weighted by Gasteiger charge is 2.52. The molecule has 8 rings (SSSR count). The number of likely N-dealkylation sites (tertiary alicyclic amines) is 1. The van der Waals surface area contributed by atoms with Crippen LogP contribution in [0.25, 0.3) is 10.8 Å². The van der Waals surface area contributed by atoms with E-state index in [1.165, 1.54) is 65.4 Å². The van der Waals surface area contributed by atoms with Crippen LogP contribution in [0, 0.1) is 42.4 Å². The monoisotopic (exact) mass is 1440 g/mol. The number of methoxy groups -OCH3 is 1. The van der Waals surface area contributed by atoms with Crippen LogP contribution in [-0.2, 0) is 54.3 Å². The van der Waals surface area contributed by atoms with Crippen molar-refractivity contribution >= 4 is 75.4 Å². The van der Waals surface area contributed by atoms with Crippen LogP contribution in [0.2, 0.25) is 0 Å². The molecule has 3 aromatic carbocycles. The number of amides is 8. The molecule has 11 N–H and O–H groups in total. The summed E-state index contributed by atoms with van der Waals surface area (Å²) in [4.78, 5) is 130. The number of benzene rings is 3. The Kier molecular flexibility index (Phi) is 26.9. The van der Waals surface area contributed by atoms with Crippen molar-refractivity contribution in [2.45, 2.75) is 189 Å². The van der Waals surface area contributed by atoms with Gasteiger partial charge in [-0.05, 0) is 63.7 Å². The number of allylic oxidation sites excluding steroid dienone is 2. The molecule has 4 bridgehead atoms. The summed E-state index contributed by atoms with van der Waals surface area (Å²) in [6.45, 7) is 23.3. The van der Waals surface area contributed by atoms with Crippen molar-refractivity contribution in [1.29, 1.82) is 0 Å². The van der Waals surface area contributed by atoms with Crippen molar-refractivity contribution in [2.75, 3.05) is 50.5 Å². The first-order chi connectivity index (χ1) is 47.6. The van der Waals surface area contributed by atoms with E-state index in [2.05, 4.69) is 45.4 Å². The minimum absolute atomic E-state index is 0. The van der Waals surface area contributed by atoms with E-state index >= 15 is 4.79 Å². The van der Waals surface area contributed by atoms with Gasteiger partial charge in [-0.25, -0.2) is 9.79 Å². The number of fused-ring (bicyclic) bond motifs is 1. The molecular weight excluding hydrogens is 1340 g/mol. The number of esters is 1. The van der Waals surface area contributed by atoms with Crippen LogP contribution < -0.4 is 60.2 Å². The summed E-state index contributed by atoms with van der Waals surface area (Å²) < 4.78 is 25.0. The first-order valence-electron chi connectivity index (χ1n) is 34.9. The average Bonchev–Trinajstić information content (AvgIpc) is 1.51. The first-order valence-corrected chi connectivity index (χ1v) is 34.9. The van der Waals surface area contributed by atoms with Gasteiger partial charge in [0, 0.05) is 123 Å². The zero-order valence-corrected chi connectivity index (χ0v) is 61.3. The average molecular weight is 1440 g/mol. The quantitative estimate of drug-likeness (QED) is 0.0227. The van der Waals surface area contributed by atoms with E-state index in [1.54, 1.807) is 65.8 Å². The number of imide groups is 1. The fourth-order valence-corrected chi connectivity index (χ4v) is 14.4. The lowest BCUT2D eigenvalue weighted by Gasteiger charge is -2.47. The highest BCUT2D eigenvalue weighted by molar-refractivity contribution is 6.22. The number of Topliss-reactive ketones (excluding diaryl/α,β-unsaturated/α-hetero) is 1. The summed E-state index contributed by atoms with van der Waals surface area (Å²) in [5.74, 6) is -10.2. The molecule has 0 aliphatic carbocycles. The predicted molar refractivity (Wildman–Crippen MR) is 375 cm³/mol. The minimum Gasteiger partial charge on any atom is -1.00 e. The van der Waals surface area contributed by atoms with E-state index < -0.39 is 119 Å². The number of primary amides is 1. The SMILES string of the molecule is CO[C@H]1/C=C\O[C@@]2(C)Oc3c(C)c(O)c4c(O)c(c5c(c4c3C2=O)NC2(CC[N+](Cc3ccc(NC(=O)[C@H](CCCNC(N)=O)NC(=O)[C@@H](NC(=O)CCCCCN4C(=O)C=CC4=O)C(C)C)cc3)(CC(C)C)CC2)N=5)=NC(=O)/C(C)=C\C=C/[C@H](C)[C@H](O)[C@@H](C)[C@@H](O)[C@@H](C)[C@H](OC(C)=O)[C@@H]1C.[Cl-]. The zero-order valence-electron chi connectivity index (χ0n) is 60.5. The van der Waals surface area contributed by atoms with Crippen LogP contribution in [-0.4, -0.2) is 171 Å². The molecule has 1 spiro atoms. The van der Waals surface area contributed by atoms with Crippen LogP contribution in [0.15, 0.2) is 82.5 Å². The molecule has 5 aliphatic rings. The molecular formula is C74H101ClN10O17. The summed E-state index contributed by atoms with van der Waals surface area (Å²) in [6.07, 6.45) is 8.73. The number of hydrogen-bond donors (Lipinski definition) is 10. The van der Waals surface area contributed by atoms with E-state index in [-0.39, 0.29) is 124 Å². The van der Waals surface area contributed by atoms with Crippen molar-refractivity contribution in [3.63, 3.8) is 0 Å². The smallest absolute Gasteiger partial charge is 0.312 e. The number of rotatable bonds is 22. The van der Waals surface area contributed by atoms with Gasteiger partial charge in [-0.2, -0.15) is 0 Å². The molecule has 0 saturated carbocycles. The molecule has 3 aromatic rings. The van der Waals surface area contributed by atoms with E-state index in [0.717, 1.165) is 17.0 Å². The maximum atomic E-state index is 15.2. The molecule has 11 atom stereocenters. The van der Waals surface area contributed by atoms with Gasteiger partial charge in [0.15, 0.2) is 5.75 Å². The number of nitrogens with one attached hydrogen (secondary N) is 5. The minimum atomic E-state index is -2.07. The van der Waals surface area contributed by atoms with Gasteiger partial charge in [0.1, 0.15) is 52.6 Å². The molecule has 556 valence electrons. The summed E-state index contributed by atoms with van der Waals surface area (Å²) in [5, 5.41) is 62.6. The summed E-state index contributed by atoms with van der Waals surface area (Å²) >= 11 is 0. The Labute approximate surface area is 600 Å². The van der Waals surface area contributed by atoms with Gasteiger partial charge >= 0.3 is 17.8 Å². The van der Waals surface area contributed by atoms with E-state index in [1.807, 2.05) is 12.1 Å². The zero-order chi connectivity index (χ0) is 74.2. The number of unbranched alkanes of at least 4 members (excludes halogenated alkanes) is 2. The number of anilines is 2. The highest BCUT2D eigenvalue weighted by Crippen LogP contribution is 2.52. The molecule has 0 radical (unpaired) electrons. The Hall–Kier alpha value is -8.76. The van der Waals surface area contributed by atoms with Crippen LogP contribution >= 0.6 is 0 Å². The largest absolute Gasteiger partial charge is 1.00 e. The molecule has 1 fully saturated rings. The fourth-order valence-electron chi connectivity index (χ4n) is 14.4. The van der Waals surface area contributed by atoms with Crippen molar-refractivity contribution in [3.05, 3.63) is 100.0 Å². The third kappa shape index (κ3) is 18.3. The molecule has 5 heterocycles. The summed E-state index contributed by atoms with van der Waals surface area (Å²) in [6, 6.07) is 4.57. The number of nitrogens with two attached hydrogens (primary N) is 1. The Morgan fingerprint density at radius 1 is 0.843 bits per heavy atom. The highest BCUT2D eigenvalue weighted by atomic mass is 35.5. The van der Waals surface area contributed by atoms with Crippen molar-refractivity contribution in [2.24, 2.45) is 51.2 Å². The number of nitrogens with zero attached hydrogens (tertiary/aromatic N) is 4. The Morgan fingerprint density at radius 2 is 1.51 bits per heavy atom.